The molecule has 0 spiro atoms. The Kier molecular flexibility index (Phi) is 6.09. The number of carbonyl (C=O) groups excluding carboxylic acids is 1. The zero-order valence-corrected chi connectivity index (χ0v) is 18.3. The number of halogens is 1. The van der Waals surface area contributed by atoms with Crippen LogP contribution >= 0.6 is 11.6 Å². The van der Waals surface area contributed by atoms with E-state index in [0.29, 0.717) is 22.1 Å². The summed E-state index contributed by atoms with van der Waals surface area (Å²) in [5.74, 6) is -0.402. The van der Waals surface area contributed by atoms with E-state index in [1.165, 1.54) is 0 Å². The van der Waals surface area contributed by atoms with Gasteiger partial charge in [0, 0.05) is 23.0 Å². The SMILES string of the molecule is Cc1cc(-c2nc(C(=O)N[C@@H](C)c3ccccn3)c(N)nc2-c2ccccc2)cc(Cl)n1. The molecule has 0 bridgehead atoms. The second-order valence-corrected chi connectivity index (χ2v) is 7.68. The molecule has 3 aromatic heterocycles. The van der Waals surface area contributed by atoms with Crippen molar-refractivity contribution in [2.24, 2.45) is 0 Å². The summed E-state index contributed by atoms with van der Waals surface area (Å²) in [6.45, 7) is 3.68. The zero-order chi connectivity index (χ0) is 22.7. The molecule has 7 nitrogen and oxygen atoms in total. The molecule has 1 aromatic carbocycles. The van der Waals surface area contributed by atoms with Crippen LogP contribution in [0.1, 0.15) is 34.8 Å². The third-order valence-electron chi connectivity index (χ3n) is 4.86. The van der Waals surface area contributed by atoms with E-state index < -0.39 is 5.91 Å². The minimum Gasteiger partial charge on any atom is -0.382 e. The first-order chi connectivity index (χ1) is 15.4. The van der Waals surface area contributed by atoms with Crippen molar-refractivity contribution < 1.29 is 4.79 Å². The van der Waals surface area contributed by atoms with Crippen molar-refractivity contribution in [2.75, 3.05) is 5.73 Å². The minimum absolute atomic E-state index is 0.0352. The average molecular weight is 445 g/mol. The van der Waals surface area contributed by atoms with E-state index in [4.69, 9.17) is 17.3 Å². The first kappa shape index (κ1) is 21.4. The van der Waals surface area contributed by atoms with E-state index in [9.17, 15) is 4.79 Å². The van der Waals surface area contributed by atoms with Crippen molar-refractivity contribution in [3.05, 3.63) is 89.1 Å². The summed E-state index contributed by atoms with van der Waals surface area (Å²) in [6, 6.07) is 18.2. The van der Waals surface area contributed by atoms with Crippen molar-refractivity contribution in [1.82, 2.24) is 25.3 Å². The second kappa shape index (κ2) is 9.11. The highest BCUT2D eigenvalue weighted by Gasteiger charge is 2.22. The Morgan fingerprint density at radius 2 is 1.69 bits per heavy atom. The summed E-state index contributed by atoms with van der Waals surface area (Å²) in [6.07, 6.45) is 1.68. The lowest BCUT2D eigenvalue weighted by molar-refractivity contribution is 0.0935. The molecule has 160 valence electrons. The second-order valence-electron chi connectivity index (χ2n) is 7.29. The highest BCUT2D eigenvalue weighted by molar-refractivity contribution is 6.29. The molecule has 0 aliphatic rings. The lowest BCUT2D eigenvalue weighted by atomic mass is 10.0. The number of carbonyl (C=O) groups is 1. The molecule has 0 aliphatic heterocycles. The molecule has 0 unspecified atom stereocenters. The maximum atomic E-state index is 13.1. The third-order valence-corrected chi connectivity index (χ3v) is 5.05. The third kappa shape index (κ3) is 4.58. The summed E-state index contributed by atoms with van der Waals surface area (Å²) in [7, 11) is 0. The van der Waals surface area contributed by atoms with Gasteiger partial charge < -0.3 is 11.1 Å². The van der Waals surface area contributed by atoms with Crippen LogP contribution in [0.3, 0.4) is 0 Å². The zero-order valence-electron chi connectivity index (χ0n) is 17.6. The van der Waals surface area contributed by atoms with E-state index in [1.807, 2.05) is 68.4 Å². The summed E-state index contributed by atoms with van der Waals surface area (Å²) in [5.41, 5.74) is 10.2. The van der Waals surface area contributed by atoms with Gasteiger partial charge in [0.15, 0.2) is 11.5 Å². The number of nitrogens with one attached hydrogen (secondary N) is 1. The lowest BCUT2D eigenvalue weighted by Gasteiger charge is -2.16. The first-order valence-corrected chi connectivity index (χ1v) is 10.4. The maximum Gasteiger partial charge on any atom is 0.274 e. The van der Waals surface area contributed by atoms with Crippen molar-refractivity contribution in [1.29, 1.82) is 0 Å². The van der Waals surface area contributed by atoms with E-state index in [-0.39, 0.29) is 17.6 Å². The number of aromatic nitrogens is 4. The van der Waals surface area contributed by atoms with Crippen LogP contribution in [-0.2, 0) is 0 Å². The van der Waals surface area contributed by atoms with Crippen LogP contribution in [0.5, 0.6) is 0 Å². The topological polar surface area (TPSA) is 107 Å². The molecule has 0 aliphatic carbocycles. The number of nitrogen functional groups attached to an aromatic ring is 1. The Labute approximate surface area is 190 Å². The Morgan fingerprint density at radius 3 is 2.38 bits per heavy atom. The molecule has 0 radical (unpaired) electrons. The Balaban J connectivity index is 1.80. The monoisotopic (exact) mass is 444 g/mol. The van der Waals surface area contributed by atoms with Gasteiger partial charge in [-0.15, -0.1) is 0 Å². The van der Waals surface area contributed by atoms with Crippen LogP contribution in [0.15, 0.2) is 66.9 Å². The molecule has 8 heteroatoms. The minimum atomic E-state index is -0.439. The maximum absolute atomic E-state index is 13.1. The summed E-state index contributed by atoms with van der Waals surface area (Å²) in [4.78, 5) is 30.8. The number of nitrogens with two attached hydrogens (primary N) is 1. The number of rotatable bonds is 5. The van der Waals surface area contributed by atoms with Crippen molar-refractivity contribution >= 4 is 23.3 Å². The predicted octanol–water partition coefficient (Wildman–Crippen LogP) is 4.64. The number of pyridine rings is 2. The summed E-state index contributed by atoms with van der Waals surface area (Å²) in [5, 5.41) is 3.22. The van der Waals surface area contributed by atoms with E-state index in [2.05, 4.69) is 25.3 Å². The van der Waals surface area contributed by atoms with Crippen LogP contribution in [-0.4, -0.2) is 25.8 Å². The molecule has 0 fully saturated rings. The predicted molar refractivity (Wildman–Crippen MR) is 125 cm³/mol. The van der Waals surface area contributed by atoms with Gasteiger partial charge in [0.2, 0.25) is 0 Å². The number of hydrogen-bond donors (Lipinski definition) is 2. The van der Waals surface area contributed by atoms with Gasteiger partial charge in [0.05, 0.1) is 23.1 Å². The number of benzene rings is 1. The quantitative estimate of drug-likeness (QED) is 0.434. The Hall–Kier alpha value is -3.84. The Morgan fingerprint density at radius 1 is 0.969 bits per heavy atom. The van der Waals surface area contributed by atoms with Gasteiger partial charge in [-0.1, -0.05) is 48.0 Å². The molecule has 1 atom stereocenters. The summed E-state index contributed by atoms with van der Waals surface area (Å²) >= 11 is 6.20. The van der Waals surface area contributed by atoms with Gasteiger partial charge in [0.25, 0.3) is 5.91 Å². The standard InChI is InChI=1S/C24H21ClN6O/c1-14-12-17(13-19(25)28-14)21-20(16-8-4-3-5-9-16)31-23(26)22(30-21)24(32)29-15(2)18-10-6-7-11-27-18/h3-13,15H,1-2H3,(H2,26,31)(H,29,32)/t15-/m0/s1. The van der Waals surface area contributed by atoms with Gasteiger partial charge in [-0.3, -0.25) is 9.78 Å². The smallest absolute Gasteiger partial charge is 0.274 e. The average Bonchev–Trinajstić information content (AvgIpc) is 2.79. The number of aryl methyl sites for hydroxylation is 1. The highest BCUT2D eigenvalue weighted by atomic mass is 35.5. The van der Waals surface area contributed by atoms with Gasteiger partial charge in [-0.2, -0.15) is 0 Å². The van der Waals surface area contributed by atoms with E-state index in [1.54, 1.807) is 12.3 Å². The molecule has 3 heterocycles. The first-order valence-electron chi connectivity index (χ1n) is 10.0. The molecular weight excluding hydrogens is 424 g/mol. The fourth-order valence-corrected chi connectivity index (χ4v) is 3.60. The molecule has 4 aromatic rings. The summed E-state index contributed by atoms with van der Waals surface area (Å²) < 4.78 is 0. The van der Waals surface area contributed by atoms with Gasteiger partial charge in [0.1, 0.15) is 5.15 Å². The number of nitrogens with zero attached hydrogens (tertiary/aromatic N) is 4. The van der Waals surface area contributed by atoms with Crippen LogP contribution in [0.2, 0.25) is 5.15 Å². The number of hydrogen-bond acceptors (Lipinski definition) is 6. The molecule has 4 rings (SSSR count). The number of anilines is 1. The van der Waals surface area contributed by atoms with E-state index in [0.717, 1.165) is 17.0 Å². The normalized spacial score (nSPS) is 11.7. The molecule has 32 heavy (non-hydrogen) atoms. The lowest BCUT2D eigenvalue weighted by Crippen LogP contribution is -2.29. The molecule has 0 saturated heterocycles. The largest absolute Gasteiger partial charge is 0.382 e. The van der Waals surface area contributed by atoms with Crippen LogP contribution in [0, 0.1) is 6.92 Å². The van der Waals surface area contributed by atoms with Crippen molar-refractivity contribution in [3.8, 4) is 22.5 Å². The van der Waals surface area contributed by atoms with Gasteiger partial charge >= 0.3 is 0 Å². The molecule has 3 N–H and O–H groups in total. The molecule has 0 saturated carbocycles. The fraction of sp³-hybridized carbons (Fsp3) is 0.125. The Bertz CT molecular complexity index is 1240. The van der Waals surface area contributed by atoms with E-state index >= 15 is 0 Å². The van der Waals surface area contributed by atoms with Crippen molar-refractivity contribution in [3.63, 3.8) is 0 Å². The van der Waals surface area contributed by atoms with Gasteiger partial charge in [-0.25, -0.2) is 15.0 Å². The van der Waals surface area contributed by atoms with Crippen LogP contribution < -0.4 is 11.1 Å². The van der Waals surface area contributed by atoms with Crippen LogP contribution in [0.4, 0.5) is 5.82 Å². The molecular formula is C24H21ClN6O. The van der Waals surface area contributed by atoms with Crippen molar-refractivity contribution in [2.45, 2.75) is 19.9 Å². The fourth-order valence-electron chi connectivity index (χ4n) is 3.35. The van der Waals surface area contributed by atoms with Crippen LogP contribution in [0.25, 0.3) is 22.5 Å². The highest BCUT2D eigenvalue weighted by Crippen LogP contribution is 2.32. The van der Waals surface area contributed by atoms with Gasteiger partial charge in [-0.05, 0) is 38.1 Å². The number of amides is 1. The molecule has 1 amide bonds.